The average molecular weight is 352 g/mol. The largest absolute Gasteiger partial charge is 0.314 e. The third-order valence-electron chi connectivity index (χ3n) is 3.64. The summed E-state index contributed by atoms with van der Waals surface area (Å²) in [5, 5.41) is 3.36. The molecule has 0 saturated carbocycles. The van der Waals surface area contributed by atoms with Crippen LogP contribution in [0.5, 0.6) is 0 Å². The molecule has 0 aliphatic carbocycles. The first-order chi connectivity index (χ1) is 9.79. The number of fused-ring (bicyclic) bond motifs is 1. The fraction of sp³-hybridized carbons (Fsp3) is 0.429. The van der Waals surface area contributed by atoms with Gasteiger partial charge in [0.15, 0.2) is 0 Å². The highest BCUT2D eigenvalue weighted by molar-refractivity contribution is 8.93. The van der Waals surface area contributed by atoms with Crippen LogP contribution < -0.4 is 10.9 Å². The van der Waals surface area contributed by atoms with Gasteiger partial charge in [-0.15, -0.1) is 17.0 Å². The van der Waals surface area contributed by atoms with Crippen LogP contribution in [0.1, 0.15) is 25.1 Å². The average Bonchev–Trinajstić information content (AvgIpc) is 2.70. The van der Waals surface area contributed by atoms with Gasteiger partial charge in [0.25, 0.3) is 5.56 Å². The highest BCUT2D eigenvalue weighted by Gasteiger charge is 2.20. The van der Waals surface area contributed by atoms with E-state index in [4.69, 9.17) is 0 Å². The van der Waals surface area contributed by atoms with Gasteiger partial charge in [0, 0.05) is 37.8 Å². The van der Waals surface area contributed by atoms with Crippen molar-refractivity contribution in [1.29, 1.82) is 0 Å². The van der Waals surface area contributed by atoms with Crippen LogP contribution in [0.4, 0.5) is 0 Å². The second-order valence-electron chi connectivity index (χ2n) is 4.89. The van der Waals surface area contributed by atoms with Gasteiger partial charge in [0.05, 0.1) is 11.4 Å². The van der Waals surface area contributed by atoms with E-state index in [1.54, 1.807) is 22.9 Å². The maximum absolute atomic E-state index is 12.3. The zero-order valence-electron chi connectivity index (χ0n) is 11.8. The van der Waals surface area contributed by atoms with Crippen molar-refractivity contribution in [3.8, 4) is 11.4 Å². The van der Waals surface area contributed by atoms with Crippen molar-refractivity contribution in [1.82, 2.24) is 24.8 Å². The Labute approximate surface area is 133 Å². The molecule has 0 radical (unpaired) electrons. The molecule has 0 spiro atoms. The molecule has 7 heteroatoms. The van der Waals surface area contributed by atoms with E-state index in [0.717, 1.165) is 25.3 Å². The van der Waals surface area contributed by atoms with E-state index in [0.29, 0.717) is 17.9 Å². The number of halogens is 1. The summed E-state index contributed by atoms with van der Waals surface area (Å²) in [6, 6.07) is 3.33. The van der Waals surface area contributed by atoms with Crippen molar-refractivity contribution in [3.63, 3.8) is 0 Å². The molecule has 1 N–H and O–H groups in total. The van der Waals surface area contributed by atoms with Crippen molar-refractivity contribution < 1.29 is 0 Å². The second kappa shape index (κ2) is 6.91. The summed E-state index contributed by atoms with van der Waals surface area (Å²) in [7, 11) is 0. The number of hydrogen-bond acceptors (Lipinski definition) is 5. The summed E-state index contributed by atoms with van der Waals surface area (Å²) in [4.78, 5) is 25.1. The van der Waals surface area contributed by atoms with Crippen LogP contribution in [0.15, 0.2) is 29.5 Å². The van der Waals surface area contributed by atoms with Gasteiger partial charge in [-0.2, -0.15) is 0 Å². The predicted molar refractivity (Wildman–Crippen MR) is 85.7 cm³/mol. The molecule has 1 unspecified atom stereocenters. The van der Waals surface area contributed by atoms with E-state index in [9.17, 15) is 4.79 Å². The standard InChI is InChI=1S/C14H17N5O.BrH/c1-2-10-8-15-5-6-19-13(20)7-12(18-14(10)19)11-3-4-16-9-17-11;/h3-4,7,9-10,15H,2,5-6,8H2,1H3;1H. The smallest absolute Gasteiger partial charge is 0.254 e. The van der Waals surface area contributed by atoms with Gasteiger partial charge in [-0.25, -0.2) is 15.0 Å². The molecule has 3 rings (SSSR count). The van der Waals surface area contributed by atoms with Crippen LogP contribution in [-0.2, 0) is 6.54 Å². The number of nitrogens with zero attached hydrogens (tertiary/aromatic N) is 4. The first-order valence-electron chi connectivity index (χ1n) is 6.88. The van der Waals surface area contributed by atoms with Gasteiger partial charge in [-0.05, 0) is 12.5 Å². The lowest BCUT2D eigenvalue weighted by atomic mass is 10.1. The van der Waals surface area contributed by atoms with Gasteiger partial charge in [0.2, 0.25) is 0 Å². The van der Waals surface area contributed by atoms with Crippen LogP contribution in [0, 0.1) is 0 Å². The minimum Gasteiger partial charge on any atom is -0.314 e. The number of aromatic nitrogens is 4. The normalized spacial score (nSPS) is 17.5. The Kier molecular flexibility index (Phi) is 5.19. The third kappa shape index (κ3) is 3.19. The van der Waals surface area contributed by atoms with Crippen LogP contribution in [0.25, 0.3) is 11.4 Å². The lowest BCUT2D eigenvalue weighted by molar-refractivity contribution is 0.578. The highest BCUT2D eigenvalue weighted by Crippen LogP contribution is 2.20. The van der Waals surface area contributed by atoms with E-state index in [-0.39, 0.29) is 28.5 Å². The van der Waals surface area contributed by atoms with E-state index in [2.05, 4.69) is 27.2 Å². The minimum absolute atomic E-state index is 0. The molecule has 1 aliphatic rings. The van der Waals surface area contributed by atoms with E-state index >= 15 is 0 Å². The van der Waals surface area contributed by atoms with Crippen molar-refractivity contribution in [2.75, 3.05) is 13.1 Å². The molecule has 2 aromatic heterocycles. The summed E-state index contributed by atoms with van der Waals surface area (Å²) in [5.41, 5.74) is 1.31. The molecular formula is C14H18BrN5O. The number of hydrogen-bond donors (Lipinski definition) is 1. The highest BCUT2D eigenvalue weighted by atomic mass is 79.9. The van der Waals surface area contributed by atoms with Gasteiger partial charge in [-0.1, -0.05) is 6.92 Å². The molecule has 3 heterocycles. The summed E-state index contributed by atoms with van der Waals surface area (Å²) in [6.07, 6.45) is 4.08. The zero-order valence-corrected chi connectivity index (χ0v) is 13.5. The van der Waals surface area contributed by atoms with Crippen molar-refractivity contribution in [3.05, 3.63) is 40.8 Å². The molecular weight excluding hydrogens is 334 g/mol. The maximum Gasteiger partial charge on any atom is 0.254 e. The van der Waals surface area contributed by atoms with Crippen LogP contribution in [0.3, 0.4) is 0 Å². The van der Waals surface area contributed by atoms with Crippen LogP contribution in [-0.4, -0.2) is 32.6 Å². The van der Waals surface area contributed by atoms with Crippen molar-refractivity contribution in [2.45, 2.75) is 25.8 Å². The van der Waals surface area contributed by atoms with E-state index in [1.165, 1.54) is 6.33 Å². The summed E-state index contributed by atoms with van der Waals surface area (Å²) in [5.74, 6) is 1.12. The topological polar surface area (TPSA) is 72.7 Å². The lowest BCUT2D eigenvalue weighted by Crippen LogP contribution is -2.26. The Hall–Kier alpha value is -1.60. The zero-order chi connectivity index (χ0) is 13.9. The van der Waals surface area contributed by atoms with Gasteiger partial charge >= 0.3 is 0 Å². The van der Waals surface area contributed by atoms with Gasteiger partial charge in [-0.3, -0.25) is 9.36 Å². The Bertz CT molecular complexity index is 658. The molecule has 2 aromatic rings. The predicted octanol–water partition coefficient (Wildman–Crippen LogP) is 1.37. The van der Waals surface area contributed by atoms with Crippen LogP contribution in [0.2, 0.25) is 0 Å². The Morgan fingerprint density at radius 3 is 3.00 bits per heavy atom. The fourth-order valence-electron chi connectivity index (χ4n) is 2.52. The Morgan fingerprint density at radius 1 is 1.43 bits per heavy atom. The molecule has 112 valence electrons. The molecule has 6 nitrogen and oxygen atoms in total. The molecule has 0 amide bonds. The van der Waals surface area contributed by atoms with E-state index < -0.39 is 0 Å². The molecule has 21 heavy (non-hydrogen) atoms. The maximum atomic E-state index is 12.3. The fourth-order valence-corrected chi connectivity index (χ4v) is 2.52. The first kappa shape index (κ1) is 15.8. The summed E-state index contributed by atoms with van der Waals surface area (Å²) in [6.45, 7) is 4.45. The molecule has 0 aromatic carbocycles. The van der Waals surface area contributed by atoms with Gasteiger partial charge < -0.3 is 5.32 Å². The van der Waals surface area contributed by atoms with Crippen molar-refractivity contribution in [2.24, 2.45) is 0 Å². The minimum atomic E-state index is -0.00855. The Morgan fingerprint density at radius 2 is 2.29 bits per heavy atom. The van der Waals surface area contributed by atoms with Crippen molar-refractivity contribution >= 4 is 17.0 Å². The molecule has 0 fully saturated rings. The SMILES string of the molecule is Br.CCC1CNCCn2c1nc(-c1ccncn1)cc2=O. The molecule has 1 aliphatic heterocycles. The number of rotatable bonds is 2. The number of nitrogens with one attached hydrogen (secondary N) is 1. The quantitative estimate of drug-likeness (QED) is 0.884. The molecule has 1 atom stereocenters. The lowest BCUT2D eigenvalue weighted by Gasteiger charge is -2.16. The third-order valence-corrected chi connectivity index (χ3v) is 3.64. The van der Waals surface area contributed by atoms with Crippen LogP contribution >= 0.6 is 17.0 Å². The second-order valence-corrected chi connectivity index (χ2v) is 4.89. The summed E-state index contributed by atoms with van der Waals surface area (Å²) < 4.78 is 1.78. The Balaban J connectivity index is 0.00000161. The van der Waals surface area contributed by atoms with Gasteiger partial charge in [0.1, 0.15) is 12.2 Å². The van der Waals surface area contributed by atoms with E-state index in [1.807, 2.05) is 0 Å². The molecule has 0 bridgehead atoms. The summed E-state index contributed by atoms with van der Waals surface area (Å²) >= 11 is 0. The molecule has 0 saturated heterocycles. The monoisotopic (exact) mass is 351 g/mol. The first-order valence-corrected chi connectivity index (χ1v) is 6.88.